The Morgan fingerprint density at radius 2 is 1.64 bits per heavy atom. The molecule has 0 saturated heterocycles. The third kappa shape index (κ3) is 8.73. The van der Waals surface area contributed by atoms with Crippen molar-refractivity contribution < 1.29 is 23.3 Å². The van der Waals surface area contributed by atoms with E-state index in [1.54, 1.807) is 51.3 Å². The van der Waals surface area contributed by atoms with Crippen molar-refractivity contribution in [1.29, 1.82) is 0 Å². The van der Waals surface area contributed by atoms with Gasteiger partial charge in [-0.3, -0.25) is 9.00 Å². The molecule has 28 heavy (non-hydrogen) atoms. The summed E-state index contributed by atoms with van der Waals surface area (Å²) < 4.78 is 22.3. The minimum Gasteiger partial charge on any atom is -0.491 e. The molecule has 0 aliphatic rings. The quantitative estimate of drug-likeness (QED) is 0.685. The fraction of sp³-hybridized carbons (Fsp3) is 0.600. The molecule has 0 radical (unpaired) electrons. The summed E-state index contributed by atoms with van der Waals surface area (Å²) >= 11 is 0. The maximum absolute atomic E-state index is 12.6. The molecule has 1 rings (SSSR count). The minimum absolute atomic E-state index is 0.108. The van der Waals surface area contributed by atoms with Crippen LogP contribution in [0.25, 0.3) is 0 Å². The predicted octanol–water partition coefficient (Wildman–Crippen LogP) is 2.86. The molecule has 1 aromatic carbocycles. The zero-order chi connectivity index (χ0) is 21.5. The Balaban J connectivity index is 2.57. The molecule has 0 aliphatic carbocycles. The lowest BCUT2D eigenvalue weighted by Gasteiger charge is -2.26. The van der Waals surface area contributed by atoms with Crippen LogP contribution in [0.15, 0.2) is 29.2 Å². The van der Waals surface area contributed by atoms with Gasteiger partial charge in [-0.05, 0) is 57.9 Å². The number of benzene rings is 1. The van der Waals surface area contributed by atoms with Gasteiger partial charge >= 0.3 is 6.09 Å². The molecule has 0 bridgehead atoms. The van der Waals surface area contributed by atoms with Gasteiger partial charge in [-0.15, -0.1) is 0 Å². The number of hydrogen-bond acceptors (Lipinski definition) is 5. The lowest BCUT2D eigenvalue weighted by molar-refractivity contribution is -0.125. The Morgan fingerprint density at radius 1 is 1.07 bits per heavy atom. The monoisotopic (exact) mass is 412 g/mol. The maximum atomic E-state index is 12.6. The molecule has 0 saturated carbocycles. The number of ether oxygens (including phenoxy) is 2. The molecule has 2 unspecified atom stereocenters. The highest BCUT2D eigenvalue weighted by molar-refractivity contribution is 7.84. The van der Waals surface area contributed by atoms with Crippen molar-refractivity contribution in [3.8, 4) is 5.75 Å². The van der Waals surface area contributed by atoms with Gasteiger partial charge in [0.05, 0.1) is 6.04 Å². The van der Waals surface area contributed by atoms with Crippen LogP contribution in [0.4, 0.5) is 4.79 Å². The van der Waals surface area contributed by atoms with Gasteiger partial charge in [0.2, 0.25) is 5.91 Å². The van der Waals surface area contributed by atoms with Crippen molar-refractivity contribution in [1.82, 2.24) is 10.6 Å². The lowest BCUT2D eigenvalue weighted by atomic mass is 10.0. The summed E-state index contributed by atoms with van der Waals surface area (Å²) in [5.41, 5.74) is -0.636. The van der Waals surface area contributed by atoms with Crippen LogP contribution in [0, 0.1) is 5.92 Å². The molecule has 0 fully saturated rings. The van der Waals surface area contributed by atoms with Crippen molar-refractivity contribution in [2.45, 2.75) is 64.1 Å². The van der Waals surface area contributed by atoms with Crippen LogP contribution in [0.1, 0.15) is 41.5 Å². The van der Waals surface area contributed by atoms with E-state index >= 15 is 0 Å². The molecular weight excluding hydrogens is 380 g/mol. The van der Waals surface area contributed by atoms with E-state index in [1.807, 2.05) is 20.8 Å². The van der Waals surface area contributed by atoms with Gasteiger partial charge in [0.15, 0.2) is 0 Å². The standard InChI is InChI=1S/C20H32N2O5S/c1-13(2)17(22-19(24)27-20(4,5)6)18(23)21-14(3)12-26-15-8-10-16(11-9-15)28(7)25/h8-11,13-14,17H,12H2,1-7H3,(H,21,23)(H,22,24)/t14?,17-,28?/m0/s1. The fourth-order valence-corrected chi connectivity index (χ4v) is 2.81. The van der Waals surface area contributed by atoms with Crippen molar-refractivity contribution in [3.63, 3.8) is 0 Å². The van der Waals surface area contributed by atoms with E-state index in [4.69, 9.17) is 9.47 Å². The summed E-state index contributed by atoms with van der Waals surface area (Å²) in [6.45, 7) is 11.1. The van der Waals surface area contributed by atoms with Gasteiger partial charge in [0.25, 0.3) is 0 Å². The Hall–Kier alpha value is -2.09. The molecule has 0 aliphatic heterocycles. The lowest BCUT2D eigenvalue weighted by Crippen LogP contribution is -2.53. The highest BCUT2D eigenvalue weighted by Gasteiger charge is 2.27. The van der Waals surface area contributed by atoms with Crippen molar-refractivity contribution >= 4 is 22.8 Å². The Bertz CT molecular complexity index is 683. The van der Waals surface area contributed by atoms with Crippen molar-refractivity contribution in [2.75, 3.05) is 12.9 Å². The van der Waals surface area contributed by atoms with Crippen LogP contribution in [0.2, 0.25) is 0 Å². The van der Waals surface area contributed by atoms with E-state index in [0.717, 1.165) is 4.90 Å². The number of nitrogens with one attached hydrogen (secondary N) is 2. The topological polar surface area (TPSA) is 93.7 Å². The van der Waals surface area contributed by atoms with Gasteiger partial charge in [-0.2, -0.15) is 0 Å². The first-order valence-corrected chi connectivity index (χ1v) is 10.8. The van der Waals surface area contributed by atoms with Crippen LogP contribution in [-0.2, 0) is 20.3 Å². The smallest absolute Gasteiger partial charge is 0.408 e. The zero-order valence-electron chi connectivity index (χ0n) is 17.7. The summed E-state index contributed by atoms with van der Waals surface area (Å²) in [7, 11) is -1.04. The van der Waals surface area contributed by atoms with Crippen LogP contribution in [0.5, 0.6) is 5.75 Å². The van der Waals surface area contributed by atoms with E-state index in [9.17, 15) is 13.8 Å². The molecule has 158 valence electrons. The van der Waals surface area contributed by atoms with Crippen molar-refractivity contribution in [2.24, 2.45) is 5.92 Å². The Labute approximate surface area is 170 Å². The largest absolute Gasteiger partial charge is 0.491 e. The van der Waals surface area contributed by atoms with E-state index < -0.39 is 28.5 Å². The normalized spacial score (nSPS) is 14.7. The first-order valence-electron chi connectivity index (χ1n) is 9.25. The Morgan fingerprint density at radius 3 is 2.11 bits per heavy atom. The first kappa shape index (κ1) is 23.9. The third-order valence-electron chi connectivity index (χ3n) is 3.67. The summed E-state index contributed by atoms with van der Waals surface area (Å²) in [5, 5.41) is 5.47. The molecule has 0 heterocycles. The minimum atomic E-state index is -1.04. The first-order chi connectivity index (χ1) is 12.9. The number of hydrogen-bond donors (Lipinski definition) is 2. The number of amides is 2. The van der Waals surface area contributed by atoms with Gasteiger partial charge < -0.3 is 20.1 Å². The number of carbonyl (C=O) groups excluding carboxylic acids is 2. The summed E-state index contributed by atoms with van der Waals surface area (Å²) in [4.78, 5) is 25.3. The second kappa shape index (κ2) is 10.5. The molecule has 0 spiro atoms. The average molecular weight is 413 g/mol. The van der Waals surface area contributed by atoms with Gasteiger partial charge in [-0.25, -0.2) is 4.79 Å². The van der Waals surface area contributed by atoms with Crippen LogP contribution >= 0.6 is 0 Å². The molecule has 2 N–H and O–H groups in total. The van der Waals surface area contributed by atoms with Crippen LogP contribution < -0.4 is 15.4 Å². The van der Waals surface area contributed by atoms with Gasteiger partial charge in [0.1, 0.15) is 24.0 Å². The SMILES string of the molecule is CC(COc1ccc(S(C)=O)cc1)NC(=O)[C@@H](NC(=O)OC(C)(C)C)C(C)C. The third-order valence-corrected chi connectivity index (χ3v) is 4.60. The zero-order valence-corrected chi connectivity index (χ0v) is 18.5. The van der Waals surface area contributed by atoms with Crippen LogP contribution in [0.3, 0.4) is 0 Å². The second-order valence-corrected chi connectivity index (χ2v) is 9.39. The number of alkyl carbamates (subject to hydrolysis) is 1. The summed E-state index contributed by atoms with van der Waals surface area (Å²) in [5.74, 6) is 0.222. The van der Waals surface area contributed by atoms with E-state index in [0.29, 0.717) is 5.75 Å². The van der Waals surface area contributed by atoms with Gasteiger partial charge in [0, 0.05) is 22.0 Å². The molecule has 3 atom stereocenters. The fourth-order valence-electron chi connectivity index (χ4n) is 2.29. The average Bonchev–Trinajstić information content (AvgIpc) is 2.56. The molecule has 1 aromatic rings. The summed E-state index contributed by atoms with van der Waals surface area (Å²) in [6.07, 6.45) is 0.989. The molecule has 2 amide bonds. The van der Waals surface area contributed by atoms with Crippen LogP contribution in [-0.4, -0.2) is 46.8 Å². The highest BCUT2D eigenvalue weighted by Crippen LogP contribution is 2.14. The number of carbonyl (C=O) groups is 2. The predicted molar refractivity (Wildman–Crippen MR) is 110 cm³/mol. The van der Waals surface area contributed by atoms with E-state index in [1.165, 1.54) is 0 Å². The highest BCUT2D eigenvalue weighted by atomic mass is 32.2. The summed E-state index contributed by atoms with van der Waals surface area (Å²) in [6, 6.07) is 5.99. The van der Waals surface area contributed by atoms with E-state index in [2.05, 4.69) is 10.6 Å². The maximum Gasteiger partial charge on any atom is 0.408 e. The second-order valence-electron chi connectivity index (χ2n) is 8.01. The van der Waals surface area contributed by atoms with E-state index in [-0.39, 0.29) is 24.5 Å². The molecular formula is C20H32N2O5S. The molecule has 7 nitrogen and oxygen atoms in total. The Kier molecular flexibility index (Phi) is 8.94. The number of rotatable bonds is 8. The van der Waals surface area contributed by atoms with Gasteiger partial charge in [-0.1, -0.05) is 13.8 Å². The molecule has 0 aromatic heterocycles. The van der Waals surface area contributed by atoms with Crippen molar-refractivity contribution in [3.05, 3.63) is 24.3 Å². The molecule has 8 heteroatoms.